The van der Waals surface area contributed by atoms with Crippen LogP contribution in [-0.4, -0.2) is 5.78 Å². The molecule has 0 N–H and O–H groups in total. The summed E-state index contributed by atoms with van der Waals surface area (Å²) >= 11 is 5.82. The molecule has 2 nitrogen and oxygen atoms in total. The molecule has 3 heteroatoms. The second kappa shape index (κ2) is 5.54. The molecule has 0 amide bonds. The van der Waals surface area contributed by atoms with E-state index >= 15 is 0 Å². The minimum atomic E-state index is -0.646. The lowest BCUT2D eigenvalue weighted by atomic mass is 9.83. The fraction of sp³-hybridized carbons (Fsp3) is 0.467. The van der Waals surface area contributed by atoms with Crippen LogP contribution >= 0.6 is 11.6 Å². The Morgan fingerprint density at radius 2 is 2.06 bits per heavy atom. The third kappa shape index (κ3) is 2.57. The fourth-order valence-corrected chi connectivity index (χ4v) is 2.87. The minimum absolute atomic E-state index is 0.0466. The normalized spacial score (nSPS) is 24.5. The third-order valence-corrected chi connectivity index (χ3v) is 4.10. The summed E-state index contributed by atoms with van der Waals surface area (Å²) in [5, 5.41) is 9.88. The van der Waals surface area contributed by atoms with E-state index in [2.05, 4.69) is 13.0 Å². The Labute approximate surface area is 113 Å². The second-order valence-corrected chi connectivity index (χ2v) is 5.47. The van der Waals surface area contributed by atoms with Crippen LogP contribution in [0.1, 0.15) is 37.7 Å². The van der Waals surface area contributed by atoms with Gasteiger partial charge in [-0.25, -0.2) is 0 Å². The minimum Gasteiger partial charge on any atom is -0.298 e. The van der Waals surface area contributed by atoms with Crippen LogP contribution in [0.2, 0.25) is 5.02 Å². The lowest BCUT2D eigenvalue weighted by Gasteiger charge is -2.17. The topological polar surface area (TPSA) is 40.9 Å². The van der Waals surface area contributed by atoms with Gasteiger partial charge in [-0.2, -0.15) is 5.26 Å². The fourth-order valence-electron chi connectivity index (χ4n) is 2.74. The number of nitrogens with zero attached hydrogens (tertiary/aromatic N) is 1. The molecule has 94 valence electrons. The van der Waals surface area contributed by atoms with Crippen LogP contribution in [0.4, 0.5) is 0 Å². The van der Waals surface area contributed by atoms with Crippen LogP contribution in [0.3, 0.4) is 0 Å². The molecule has 3 unspecified atom stereocenters. The van der Waals surface area contributed by atoms with Crippen molar-refractivity contribution in [2.24, 2.45) is 11.8 Å². The van der Waals surface area contributed by atoms with Crippen LogP contribution in [0, 0.1) is 23.2 Å². The highest BCUT2D eigenvalue weighted by Gasteiger charge is 2.34. The Hall–Kier alpha value is -1.33. The smallest absolute Gasteiger partial charge is 0.157 e. The van der Waals surface area contributed by atoms with Gasteiger partial charge < -0.3 is 0 Å². The average molecular weight is 262 g/mol. The number of ketones is 1. The number of rotatable bonds is 3. The SMILES string of the molecule is CC1CCCC1C(=O)C(C#N)c1ccc(Cl)cc1. The largest absolute Gasteiger partial charge is 0.298 e. The van der Waals surface area contributed by atoms with E-state index in [4.69, 9.17) is 11.6 Å². The number of benzene rings is 1. The van der Waals surface area contributed by atoms with Gasteiger partial charge in [0.15, 0.2) is 5.78 Å². The van der Waals surface area contributed by atoms with Gasteiger partial charge in [0, 0.05) is 10.9 Å². The molecule has 0 aliphatic heterocycles. The first-order chi connectivity index (χ1) is 8.63. The molecule has 1 aliphatic rings. The molecule has 0 spiro atoms. The summed E-state index contributed by atoms with van der Waals surface area (Å²) in [6, 6.07) is 9.14. The van der Waals surface area contributed by atoms with Gasteiger partial charge in [-0.1, -0.05) is 37.1 Å². The molecule has 3 atom stereocenters. The van der Waals surface area contributed by atoms with Crippen molar-refractivity contribution in [3.63, 3.8) is 0 Å². The number of carbonyl (C=O) groups is 1. The van der Waals surface area contributed by atoms with Crippen LogP contribution < -0.4 is 0 Å². The van der Waals surface area contributed by atoms with Gasteiger partial charge in [0.1, 0.15) is 5.92 Å². The van der Waals surface area contributed by atoms with Crippen molar-refractivity contribution >= 4 is 17.4 Å². The molecular formula is C15H16ClNO. The molecule has 0 radical (unpaired) electrons. The first-order valence-corrected chi connectivity index (χ1v) is 6.70. The number of Topliss-reactive ketones (excluding diaryl/α,β-unsaturated/α-hetero) is 1. The number of hydrogen-bond acceptors (Lipinski definition) is 2. The maximum absolute atomic E-state index is 12.4. The maximum Gasteiger partial charge on any atom is 0.157 e. The van der Waals surface area contributed by atoms with E-state index in [1.165, 1.54) is 0 Å². The van der Waals surface area contributed by atoms with E-state index < -0.39 is 5.92 Å². The molecule has 0 saturated heterocycles. The number of hydrogen-bond donors (Lipinski definition) is 0. The number of halogens is 1. The van der Waals surface area contributed by atoms with Crippen molar-refractivity contribution in [1.82, 2.24) is 0 Å². The highest BCUT2D eigenvalue weighted by atomic mass is 35.5. The number of nitriles is 1. The van der Waals surface area contributed by atoms with Crippen molar-refractivity contribution in [1.29, 1.82) is 5.26 Å². The molecular weight excluding hydrogens is 246 g/mol. The lowest BCUT2D eigenvalue weighted by molar-refractivity contribution is -0.124. The molecule has 1 aromatic carbocycles. The molecule has 1 aliphatic carbocycles. The molecule has 1 aromatic rings. The first kappa shape index (κ1) is 13.1. The summed E-state index contributed by atoms with van der Waals surface area (Å²) < 4.78 is 0. The Balaban J connectivity index is 2.21. The van der Waals surface area contributed by atoms with Gasteiger partial charge in [0.05, 0.1) is 6.07 Å². The zero-order chi connectivity index (χ0) is 13.1. The van der Waals surface area contributed by atoms with E-state index in [0.717, 1.165) is 24.8 Å². The van der Waals surface area contributed by atoms with Crippen LogP contribution in [0.5, 0.6) is 0 Å². The number of carbonyl (C=O) groups excluding carboxylic acids is 1. The molecule has 0 heterocycles. The van der Waals surface area contributed by atoms with E-state index in [0.29, 0.717) is 10.9 Å². The van der Waals surface area contributed by atoms with Crippen molar-refractivity contribution in [3.8, 4) is 6.07 Å². The van der Waals surface area contributed by atoms with Crippen molar-refractivity contribution < 1.29 is 4.79 Å². The Bertz CT molecular complexity index is 474. The zero-order valence-electron chi connectivity index (χ0n) is 10.4. The molecule has 1 fully saturated rings. The molecule has 18 heavy (non-hydrogen) atoms. The summed E-state index contributed by atoms with van der Waals surface area (Å²) in [4.78, 5) is 12.4. The van der Waals surface area contributed by atoms with Crippen molar-refractivity contribution in [2.45, 2.75) is 32.1 Å². The van der Waals surface area contributed by atoms with E-state index in [1.54, 1.807) is 24.3 Å². The average Bonchev–Trinajstić information content (AvgIpc) is 2.78. The van der Waals surface area contributed by atoms with Crippen molar-refractivity contribution in [2.75, 3.05) is 0 Å². The van der Waals surface area contributed by atoms with Gasteiger partial charge in [-0.15, -0.1) is 0 Å². The second-order valence-electron chi connectivity index (χ2n) is 5.03. The highest BCUT2D eigenvalue weighted by Crippen LogP contribution is 2.35. The van der Waals surface area contributed by atoms with Crippen molar-refractivity contribution in [3.05, 3.63) is 34.9 Å². The lowest BCUT2D eigenvalue weighted by Crippen LogP contribution is -2.23. The van der Waals surface area contributed by atoms with E-state index in [1.807, 2.05) is 0 Å². The predicted molar refractivity (Wildman–Crippen MR) is 71.3 cm³/mol. The summed E-state index contributed by atoms with van der Waals surface area (Å²) in [7, 11) is 0. The zero-order valence-corrected chi connectivity index (χ0v) is 11.2. The van der Waals surface area contributed by atoms with Crippen LogP contribution in [0.25, 0.3) is 0 Å². The summed E-state index contributed by atoms with van der Waals surface area (Å²) in [5.41, 5.74) is 0.756. The van der Waals surface area contributed by atoms with Gasteiger partial charge in [-0.05, 0) is 36.5 Å². The van der Waals surface area contributed by atoms with Gasteiger partial charge in [-0.3, -0.25) is 4.79 Å². The Kier molecular flexibility index (Phi) is 4.04. The van der Waals surface area contributed by atoms with Crippen LogP contribution in [0.15, 0.2) is 24.3 Å². The van der Waals surface area contributed by atoms with E-state index in [9.17, 15) is 10.1 Å². The maximum atomic E-state index is 12.4. The highest BCUT2D eigenvalue weighted by molar-refractivity contribution is 6.30. The third-order valence-electron chi connectivity index (χ3n) is 3.84. The van der Waals surface area contributed by atoms with Gasteiger partial charge in [0.25, 0.3) is 0 Å². The predicted octanol–water partition coefficient (Wildman–Crippen LogP) is 3.95. The quantitative estimate of drug-likeness (QED) is 0.827. The summed E-state index contributed by atoms with van der Waals surface area (Å²) in [6.07, 6.45) is 3.11. The van der Waals surface area contributed by atoms with Crippen LogP contribution in [-0.2, 0) is 4.79 Å². The van der Waals surface area contributed by atoms with E-state index in [-0.39, 0.29) is 11.7 Å². The molecule has 1 saturated carbocycles. The monoisotopic (exact) mass is 261 g/mol. The summed E-state index contributed by atoms with van der Waals surface area (Å²) in [5.74, 6) is -0.122. The van der Waals surface area contributed by atoms with Gasteiger partial charge >= 0.3 is 0 Å². The Morgan fingerprint density at radius 3 is 2.56 bits per heavy atom. The summed E-state index contributed by atoms with van der Waals surface area (Å²) in [6.45, 7) is 2.10. The Morgan fingerprint density at radius 1 is 1.39 bits per heavy atom. The molecule has 0 aromatic heterocycles. The van der Waals surface area contributed by atoms with Gasteiger partial charge in [0.2, 0.25) is 0 Å². The molecule has 2 rings (SSSR count). The standard InChI is InChI=1S/C15H16ClNO/c1-10-3-2-4-13(10)15(18)14(9-17)11-5-7-12(16)8-6-11/h5-8,10,13-14H,2-4H2,1H3. The first-order valence-electron chi connectivity index (χ1n) is 6.32. The molecule has 0 bridgehead atoms.